The van der Waals surface area contributed by atoms with Gasteiger partial charge in [-0.1, -0.05) is 18.2 Å². The quantitative estimate of drug-likeness (QED) is 0.342. The SMILES string of the molecule is CN(C)[C@@H]1C(=O)C(CN)=C(N)[C@@]2(O)C(=O)C3=C(O)c4c(O)cc(CNc5ccccc5)c(F)c4C[C@H]3C[C@@H]12. The minimum atomic E-state index is -2.28. The van der Waals surface area contributed by atoms with E-state index < -0.39 is 40.8 Å². The molecular weight excluding hydrogens is 491 g/mol. The first-order valence-corrected chi connectivity index (χ1v) is 12.4. The summed E-state index contributed by atoms with van der Waals surface area (Å²) in [5.41, 5.74) is 10.1. The molecule has 38 heavy (non-hydrogen) atoms. The second-order valence-electron chi connectivity index (χ2n) is 10.4. The van der Waals surface area contributed by atoms with Crippen LogP contribution in [0.25, 0.3) is 5.76 Å². The largest absolute Gasteiger partial charge is 0.507 e. The lowest BCUT2D eigenvalue weighted by molar-refractivity contribution is -0.148. The number of phenols is 1. The molecule has 0 saturated heterocycles. The number of hydrogen-bond acceptors (Lipinski definition) is 9. The summed E-state index contributed by atoms with van der Waals surface area (Å²) >= 11 is 0. The van der Waals surface area contributed by atoms with Crippen LogP contribution in [0.2, 0.25) is 0 Å². The zero-order chi connectivity index (χ0) is 27.5. The molecule has 3 aliphatic carbocycles. The maximum Gasteiger partial charge on any atom is 0.200 e. The first-order valence-electron chi connectivity index (χ1n) is 12.4. The number of carbonyl (C=O) groups excluding carboxylic acids is 2. The molecule has 200 valence electrons. The third-order valence-corrected chi connectivity index (χ3v) is 8.13. The summed E-state index contributed by atoms with van der Waals surface area (Å²) in [4.78, 5) is 28.7. The predicted octanol–water partition coefficient (Wildman–Crippen LogP) is 1.59. The maximum atomic E-state index is 15.8. The summed E-state index contributed by atoms with van der Waals surface area (Å²) in [5, 5.41) is 36.9. The predicted molar refractivity (Wildman–Crippen MR) is 139 cm³/mol. The third kappa shape index (κ3) is 3.63. The maximum absolute atomic E-state index is 15.8. The van der Waals surface area contributed by atoms with Crippen molar-refractivity contribution in [2.45, 2.75) is 31.0 Å². The number of ketones is 2. The second-order valence-corrected chi connectivity index (χ2v) is 10.4. The van der Waals surface area contributed by atoms with Crippen molar-refractivity contribution in [3.63, 3.8) is 0 Å². The number of aliphatic hydroxyl groups is 2. The summed E-state index contributed by atoms with van der Waals surface area (Å²) in [6.45, 7) is -0.180. The number of Topliss-reactive ketones (excluding diaryl/α,β-unsaturated/α-hetero) is 2. The Kier molecular flexibility index (Phi) is 6.29. The van der Waals surface area contributed by atoms with E-state index in [1.807, 2.05) is 30.3 Å². The van der Waals surface area contributed by atoms with E-state index in [-0.39, 0.29) is 71.0 Å². The Bertz CT molecular complexity index is 1400. The van der Waals surface area contributed by atoms with Crippen molar-refractivity contribution in [2.75, 3.05) is 26.0 Å². The fourth-order valence-corrected chi connectivity index (χ4v) is 6.33. The van der Waals surface area contributed by atoms with E-state index in [0.29, 0.717) is 0 Å². The molecule has 3 aliphatic rings. The average Bonchev–Trinajstić information content (AvgIpc) is 2.88. The molecule has 0 radical (unpaired) electrons. The van der Waals surface area contributed by atoms with Gasteiger partial charge in [-0.15, -0.1) is 0 Å². The van der Waals surface area contributed by atoms with Crippen LogP contribution in [0, 0.1) is 17.7 Å². The zero-order valence-corrected chi connectivity index (χ0v) is 21.2. The number of phenolic OH excluding ortho intramolecular Hbond substituents is 1. The first kappa shape index (κ1) is 25.9. The number of aromatic hydroxyl groups is 1. The Morgan fingerprint density at radius 2 is 1.87 bits per heavy atom. The van der Waals surface area contributed by atoms with Gasteiger partial charge in [0.1, 0.15) is 17.3 Å². The van der Waals surface area contributed by atoms with Crippen LogP contribution in [0.4, 0.5) is 10.1 Å². The van der Waals surface area contributed by atoms with Crippen LogP contribution in [-0.4, -0.2) is 64.1 Å². The average molecular weight is 523 g/mol. The number of fused-ring (bicyclic) bond motifs is 3. The minimum Gasteiger partial charge on any atom is -0.507 e. The van der Waals surface area contributed by atoms with Crippen LogP contribution in [0.1, 0.15) is 23.1 Å². The summed E-state index contributed by atoms with van der Waals surface area (Å²) < 4.78 is 15.8. The van der Waals surface area contributed by atoms with Gasteiger partial charge >= 0.3 is 0 Å². The Balaban J connectivity index is 1.60. The standard InChI is InChI=1S/C28H31FN4O5/c1-33(2)23-18-9-13-8-16-21(19(34)10-14(22(16)29)12-32-15-6-4-3-5-7-15)25(36)20(13)27(37)28(18,38)26(31)17(11-30)24(23)35/h3-7,10,13,18,23,32,34,36,38H,8-9,11-12,30-31H2,1-2H3/t13-,18-,23-,28+/m0/s1. The van der Waals surface area contributed by atoms with Crippen molar-refractivity contribution in [1.82, 2.24) is 4.90 Å². The molecule has 8 N–H and O–H groups in total. The van der Waals surface area contributed by atoms with Gasteiger partial charge in [-0.2, -0.15) is 0 Å². The Morgan fingerprint density at radius 3 is 2.50 bits per heavy atom. The smallest absolute Gasteiger partial charge is 0.200 e. The van der Waals surface area contributed by atoms with Crippen molar-refractivity contribution in [2.24, 2.45) is 23.3 Å². The number of para-hydroxylation sites is 1. The second kappa shape index (κ2) is 9.23. The van der Waals surface area contributed by atoms with Crippen LogP contribution in [0.15, 0.2) is 53.2 Å². The van der Waals surface area contributed by atoms with E-state index in [2.05, 4.69) is 5.32 Å². The fraction of sp³-hybridized carbons (Fsp3) is 0.357. The molecule has 1 saturated carbocycles. The van der Waals surface area contributed by atoms with E-state index in [0.717, 1.165) is 5.69 Å². The number of hydrogen-bond donors (Lipinski definition) is 6. The molecule has 4 atom stereocenters. The normalized spacial score (nSPS) is 26.8. The molecule has 0 aliphatic heterocycles. The number of carbonyl (C=O) groups is 2. The molecule has 10 heteroatoms. The van der Waals surface area contributed by atoms with Crippen LogP contribution >= 0.6 is 0 Å². The number of rotatable bonds is 5. The van der Waals surface area contributed by atoms with Crippen molar-refractivity contribution < 1.29 is 29.3 Å². The number of likely N-dealkylation sites (N-methyl/N-ethyl adjacent to an activating group) is 1. The molecule has 1 fully saturated rings. The van der Waals surface area contributed by atoms with Crippen LogP contribution in [0.3, 0.4) is 0 Å². The lowest BCUT2D eigenvalue weighted by atomic mass is 9.57. The number of aliphatic hydroxyl groups excluding tert-OH is 1. The lowest BCUT2D eigenvalue weighted by Crippen LogP contribution is -2.66. The summed E-state index contributed by atoms with van der Waals surface area (Å²) in [6.07, 6.45) is 0.0776. The molecule has 0 heterocycles. The number of nitrogens with two attached hydrogens (primary N) is 2. The van der Waals surface area contributed by atoms with Gasteiger partial charge in [-0.25, -0.2) is 4.39 Å². The Morgan fingerprint density at radius 1 is 1.18 bits per heavy atom. The molecule has 9 nitrogen and oxygen atoms in total. The molecule has 0 aromatic heterocycles. The van der Waals surface area contributed by atoms with E-state index in [1.165, 1.54) is 6.07 Å². The van der Waals surface area contributed by atoms with Gasteiger partial charge in [0.15, 0.2) is 11.4 Å². The van der Waals surface area contributed by atoms with Crippen molar-refractivity contribution in [1.29, 1.82) is 0 Å². The minimum absolute atomic E-state index is 0.00663. The highest BCUT2D eigenvalue weighted by atomic mass is 19.1. The van der Waals surface area contributed by atoms with Gasteiger partial charge in [0.2, 0.25) is 5.78 Å². The van der Waals surface area contributed by atoms with Crippen molar-refractivity contribution in [3.8, 4) is 5.75 Å². The summed E-state index contributed by atoms with van der Waals surface area (Å²) in [7, 11) is 3.32. The van der Waals surface area contributed by atoms with Crippen LogP contribution < -0.4 is 16.8 Å². The highest BCUT2D eigenvalue weighted by Gasteiger charge is 2.62. The zero-order valence-electron chi connectivity index (χ0n) is 21.2. The number of halogens is 1. The van der Waals surface area contributed by atoms with Crippen LogP contribution in [-0.2, 0) is 22.6 Å². The lowest BCUT2D eigenvalue weighted by Gasteiger charge is -2.51. The molecule has 5 rings (SSSR count). The third-order valence-electron chi connectivity index (χ3n) is 8.13. The summed E-state index contributed by atoms with van der Waals surface area (Å²) in [5.74, 6) is -4.44. The van der Waals surface area contributed by atoms with Gasteiger partial charge in [0.05, 0.1) is 17.3 Å². The highest BCUT2D eigenvalue weighted by Crippen LogP contribution is 2.52. The number of benzene rings is 2. The molecule has 0 amide bonds. The van der Waals surface area contributed by atoms with Gasteiger partial charge < -0.3 is 32.1 Å². The monoisotopic (exact) mass is 522 g/mol. The molecule has 2 aromatic carbocycles. The van der Waals surface area contributed by atoms with E-state index in [9.17, 15) is 24.9 Å². The van der Waals surface area contributed by atoms with E-state index in [4.69, 9.17) is 11.5 Å². The molecule has 0 unspecified atom stereocenters. The molecular formula is C28H31FN4O5. The van der Waals surface area contributed by atoms with Gasteiger partial charge in [-0.05, 0) is 51.1 Å². The van der Waals surface area contributed by atoms with E-state index >= 15 is 4.39 Å². The number of nitrogens with one attached hydrogen (secondary N) is 1. The first-order chi connectivity index (χ1) is 18.0. The molecule has 0 bridgehead atoms. The highest BCUT2D eigenvalue weighted by molar-refractivity contribution is 6.14. The van der Waals surface area contributed by atoms with Crippen molar-refractivity contribution in [3.05, 3.63) is 75.7 Å². The van der Waals surface area contributed by atoms with E-state index in [1.54, 1.807) is 19.0 Å². The molecule has 2 aromatic rings. The fourth-order valence-electron chi connectivity index (χ4n) is 6.33. The summed E-state index contributed by atoms with van der Waals surface area (Å²) in [6, 6.07) is 9.52. The number of anilines is 1. The topological polar surface area (TPSA) is 162 Å². The van der Waals surface area contributed by atoms with Gasteiger partial charge in [0.25, 0.3) is 0 Å². The molecule has 0 spiro atoms. The Hall–Kier alpha value is -3.73. The van der Waals surface area contributed by atoms with Crippen LogP contribution in [0.5, 0.6) is 5.75 Å². The van der Waals surface area contributed by atoms with Gasteiger partial charge in [-0.3, -0.25) is 14.5 Å². The Labute approximate surface area is 219 Å². The van der Waals surface area contributed by atoms with Crippen molar-refractivity contribution >= 4 is 23.0 Å². The van der Waals surface area contributed by atoms with Gasteiger partial charge in [0, 0.05) is 47.0 Å². The number of nitrogens with zero attached hydrogens (tertiary/aromatic N) is 1.